The predicted octanol–water partition coefficient (Wildman–Crippen LogP) is 2.30. The first-order chi connectivity index (χ1) is 13.9. The summed E-state index contributed by atoms with van der Waals surface area (Å²) < 4.78 is 12.2. The van der Waals surface area contributed by atoms with Gasteiger partial charge in [-0.05, 0) is 30.7 Å². The number of hydrogen-bond donors (Lipinski definition) is 0. The predicted molar refractivity (Wildman–Crippen MR) is 106 cm³/mol. The number of carbonyl (C=O) groups is 2. The van der Waals surface area contributed by atoms with E-state index < -0.39 is 12.0 Å². The van der Waals surface area contributed by atoms with Crippen LogP contribution in [0.25, 0.3) is 5.65 Å². The van der Waals surface area contributed by atoms with E-state index in [9.17, 15) is 14.4 Å². The zero-order valence-electron chi connectivity index (χ0n) is 15.9. The van der Waals surface area contributed by atoms with Gasteiger partial charge in [0.15, 0.2) is 0 Å². The maximum atomic E-state index is 12.7. The van der Waals surface area contributed by atoms with Crippen LogP contribution in [0, 0.1) is 6.92 Å². The van der Waals surface area contributed by atoms with E-state index in [-0.39, 0.29) is 23.4 Å². The number of hydrogen-bond acceptors (Lipinski definition) is 7. The fourth-order valence-electron chi connectivity index (χ4n) is 3.30. The number of fused-ring (bicyclic) bond motifs is 1. The summed E-state index contributed by atoms with van der Waals surface area (Å²) in [7, 11) is 0. The number of esters is 1. The Morgan fingerprint density at radius 1 is 1.34 bits per heavy atom. The first-order valence-electron chi connectivity index (χ1n) is 9.03. The number of aryl methyl sites for hydroxylation is 1. The second-order valence-corrected chi connectivity index (χ2v) is 7.88. The lowest BCUT2D eigenvalue weighted by Crippen LogP contribution is -2.42. The number of thioether (sulfide) groups is 1. The largest absolute Gasteiger partial charge is 0.466 e. The molecule has 0 N–H and O–H groups in total. The zero-order chi connectivity index (χ0) is 20.5. The van der Waals surface area contributed by atoms with Gasteiger partial charge < -0.3 is 14.1 Å². The standard InChI is InChI=1S/C20H19N3O5S/c1-12-5-6-17-21-14(8-18(25)22(17)9-12)10-28-20(26)15-11-29-19(23(15)13(2)24)16-4-3-7-27-16/h3-9,15,19H,10-11H2,1-2H3/t15-,19-/m1/s1. The van der Waals surface area contributed by atoms with Crippen LogP contribution in [0.15, 0.2) is 52.0 Å². The molecule has 4 rings (SSSR count). The molecule has 0 radical (unpaired) electrons. The van der Waals surface area contributed by atoms with Crippen LogP contribution in [0.2, 0.25) is 0 Å². The molecular weight excluding hydrogens is 394 g/mol. The van der Waals surface area contributed by atoms with Crippen LogP contribution >= 0.6 is 11.8 Å². The fraction of sp³-hybridized carbons (Fsp3) is 0.300. The lowest BCUT2D eigenvalue weighted by Gasteiger charge is -2.25. The molecule has 150 valence electrons. The van der Waals surface area contributed by atoms with Crippen molar-refractivity contribution in [1.29, 1.82) is 0 Å². The van der Waals surface area contributed by atoms with Gasteiger partial charge in [-0.2, -0.15) is 0 Å². The molecule has 0 saturated carbocycles. The lowest BCUT2D eigenvalue weighted by atomic mass is 10.2. The highest BCUT2D eigenvalue weighted by Crippen LogP contribution is 2.41. The van der Waals surface area contributed by atoms with Crippen LogP contribution in [0.5, 0.6) is 0 Å². The molecule has 3 aromatic heterocycles. The van der Waals surface area contributed by atoms with Crippen molar-refractivity contribution in [3.63, 3.8) is 0 Å². The second kappa shape index (κ2) is 7.75. The maximum Gasteiger partial charge on any atom is 0.330 e. The molecule has 4 heterocycles. The molecule has 2 atom stereocenters. The average Bonchev–Trinajstić information content (AvgIpc) is 3.36. The van der Waals surface area contributed by atoms with Crippen molar-refractivity contribution in [3.8, 4) is 0 Å². The number of furan rings is 1. The normalized spacial score (nSPS) is 18.9. The number of pyridine rings is 1. The van der Waals surface area contributed by atoms with Crippen molar-refractivity contribution in [3.05, 3.63) is 70.2 Å². The summed E-state index contributed by atoms with van der Waals surface area (Å²) >= 11 is 1.44. The number of rotatable bonds is 4. The summed E-state index contributed by atoms with van der Waals surface area (Å²) in [6, 6.07) is 7.73. The lowest BCUT2D eigenvalue weighted by molar-refractivity contribution is -0.154. The topological polar surface area (TPSA) is 94.1 Å². The first-order valence-corrected chi connectivity index (χ1v) is 10.1. The Morgan fingerprint density at radius 3 is 2.90 bits per heavy atom. The number of nitrogens with zero attached hydrogens (tertiary/aromatic N) is 3. The Balaban J connectivity index is 1.49. The molecule has 1 aliphatic rings. The van der Waals surface area contributed by atoms with Gasteiger partial charge in [-0.25, -0.2) is 9.78 Å². The Morgan fingerprint density at radius 2 is 2.17 bits per heavy atom. The van der Waals surface area contributed by atoms with Crippen molar-refractivity contribution >= 4 is 29.3 Å². The number of amides is 1. The summed E-state index contributed by atoms with van der Waals surface area (Å²) in [5.74, 6) is 0.236. The van der Waals surface area contributed by atoms with Crippen molar-refractivity contribution in [2.75, 3.05) is 5.75 Å². The van der Waals surface area contributed by atoms with Gasteiger partial charge in [0.05, 0.1) is 12.0 Å². The van der Waals surface area contributed by atoms with E-state index >= 15 is 0 Å². The van der Waals surface area contributed by atoms with E-state index in [1.807, 2.05) is 13.0 Å². The minimum atomic E-state index is -0.725. The summed E-state index contributed by atoms with van der Waals surface area (Å²) in [4.78, 5) is 43.0. The van der Waals surface area contributed by atoms with E-state index in [1.54, 1.807) is 24.4 Å². The third kappa shape index (κ3) is 3.77. The fourth-order valence-corrected chi connectivity index (χ4v) is 4.71. The van der Waals surface area contributed by atoms with Crippen LogP contribution in [-0.4, -0.2) is 38.0 Å². The third-order valence-corrected chi connectivity index (χ3v) is 5.93. The van der Waals surface area contributed by atoms with Gasteiger partial charge in [-0.3, -0.25) is 14.0 Å². The van der Waals surface area contributed by atoms with Crippen molar-refractivity contribution < 1.29 is 18.7 Å². The molecule has 3 aromatic rings. The maximum absolute atomic E-state index is 12.7. The molecule has 8 nitrogen and oxygen atoms in total. The summed E-state index contributed by atoms with van der Waals surface area (Å²) in [6.07, 6.45) is 3.24. The molecule has 0 bridgehead atoms. The number of aromatic nitrogens is 2. The van der Waals surface area contributed by atoms with Crippen molar-refractivity contribution in [2.24, 2.45) is 0 Å². The SMILES string of the molecule is CC(=O)N1[C@@H](C(=O)OCc2cc(=O)n3cc(C)ccc3n2)CS[C@@H]1c1ccco1. The monoisotopic (exact) mass is 413 g/mol. The van der Waals surface area contributed by atoms with Crippen LogP contribution in [0.1, 0.15) is 29.3 Å². The van der Waals surface area contributed by atoms with Gasteiger partial charge in [-0.1, -0.05) is 6.07 Å². The molecule has 1 aliphatic heterocycles. The van der Waals surface area contributed by atoms with Crippen LogP contribution in [0.3, 0.4) is 0 Å². The van der Waals surface area contributed by atoms with Gasteiger partial charge in [0.1, 0.15) is 29.4 Å². The molecule has 29 heavy (non-hydrogen) atoms. The molecule has 1 amide bonds. The minimum absolute atomic E-state index is 0.142. The van der Waals surface area contributed by atoms with Crippen LogP contribution < -0.4 is 5.56 Å². The van der Waals surface area contributed by atoms with Gasteiger partial charge >= 0.3 is 5.97 Å². The van der Waals surface area contributed by atoms with Crippen molar-refractivity contribution in [1.82, 2.24) is 14.3 Å². The summed E-state index contributed by atoms with van der Waals surface area (Å²) in [5.41, 5.74) is 1.53. The quantitative estimate of drug-likeness (QED) is 0.606. The molecule has 0 aromatic carbocycles. The Kier molecular flexibility index (Phi) is 5.14. The van der Waals surface area contributed by atoms with Gasteiger partial charge in [-0.15, -0.1) is 11.8 Å². The zero-order valence-corrected chi connectivity index (χ0v) is 16.7. The smallest absolute Gasteiger partial charge is 0.330 e. The van der Waals surface area contributed by atoms with Gasteiger partial charge in [0, 0.05) is 24.9 Å². The highest BCUT2D eigenvalue weighted by Gasteiger charge is 2.43. The molecule has 1 fully saturated rings. The molecule has 0 unspecified atom stereocenters. The Labute approximate surface area is 170 Å². The third-order valence-electron chi connectivity index (χ3n) is 4.65. The van der Waals surface area contributed by atoms with E-state index in [0.29, 0.717) is 22.9 Å². The second-order valence-electron chi connectivity index (χ2n) is 6.77. The molecule has 0 aliphatic carbocycles. The number of ether oxygens (including phenoxy) is 1. The highest BCUT2D eigenvalue weighted by atomic mass is 32.2. The molecule has 1 saturated heterocycles. The van der Waals surface area contributed by atoms with Crippen LogP contribution in [-0.2, 0) is 20.9 Å². The summed E-state index contributed by atoms with van der Waals surface area (Å²) in [6.45, 7) is 3.16. The summed E-state index contributed by atoms with van der Waals surface area (Å²) in [5, 5.41) is -0.369. The minimum Gasteiger partial charge on any atom is -0.466 e. The van der Waals surface area contributed by atoms with E-state index in [0.717, 1.165) is 5.56 Å². The molecule has 9 heteroatoms. The van der Waals surface area contributed by atoms with E-state index in [2.05, 4.69) is 4.98 Å². The first kappa shape index (κ1) is 19.3. The highest BCUT2D eigenvalue weighted by molar-refractivity contribution is 7.99. The van der Waals surface area contributed by atoms with E-state index in [1.165, 1.54) is 40.3 Å². The van der Waals surface area contributed by atoms with E-state index in [4.69, 9.17) is 9.15 Å². The Hall–Kier alpha value is -3.07. The van der Waals surface area contributed by atoms with Gasteiger partial charge in [0.2, 0.25) is 5.91 Å². The van der Waals surface area contributed by atoms with Crippen LogP contribution in [0.4, 0.5) is 0 Å². The van der Waals surface area contributed by atoms with Gasteiger partial charge in [0.25, 0.3) is 5.56 Å². The average molecular weight is 413 g/mol. The molecule has 0 spiro atoms. The molecular formula is C20H19N3O5S. The number of carbonyl (C=O) groups excluding carboxylic acids is 2. The Bertz CT molecular complexity index is 1120. The van der Waals surface area contributed by atoms with Crippen molar-refractivity contribution in [2.45, 2.75) is 31.9 Å².